The maximum atomic E-state index is 10.8. The molecule has 0 aliphatic carbocycles. The third kappa shape index (κ3) is 4.71. The van der Waals surface area contributed by atoms with E-state index < -0.39 is 6.09 Å². The Morgan fingerprint density at radius 2 is 1.75 bits per heavy atom. The molecule has 0 unspecified atom stereocenters. The molecule has 0 heterocycles. The minimum absolute atomic E-state index is 0.339. The molecule has 0 spiro atoms. The van der Waals surface area contributed by atoms with E-state index in [0.717, 1.165) is 0 Å². The third-order valence-electron chi connectivity index (χ3n) is 1.10. The second-order valence-corrected chi connectivity index (χ2v) is 1.99. The average molecular weight is 173 g/mol. The summed E-state index contributed by atoms with van der Waals surface area (Å²) in [5, 5.41) is 0. The third-order valence-corrected chi connectivity index (χ3v) is 1.10. The molecule has 0 N–H and O–H groups in total. The molecule has 12 heavy (non-hydrogen) atoms. The van der Waals surface area contributed by atoms with Gasteiger partial charge in [0.05, 0.1) is 13.2 Å². The summed E-state index contributed by atoms with van der Waals surface area (Å²) in [5.74, 6) is 0.427. The minimum Gasteiger partial charge on any atom is -0.481 e. The molecule has 0 atom stereocenters. The maximum absolute atomic E-state index is 10.8. The van der Waals surface area contributed by atoms with Crippen molar-refractivity contribution in [1.29, 1.82) is 0 Å². The highest BCUT2D eigenvalue weighted by atomic mass is 16.6. The van der Waals surface area contributed by atoms with E-state index in [1.807, 2.05) is 13.8 Å². The fourth-order valence-corrected chi connectivity index (χ4v) is 0.638. The van der Waals surface area contributed by atoms with Gasteiger partial charge < -0.3 is 9.47 Å². The van der Waals surface area contributed by atoms with Gasteiger partial charge in [-0.2, -0.15) is 0 Å². The number of rotatable bonds is 3. The first kappa shape index (κ1) is 10.9. The summed E-state index contributed by atoms with van der Waals surface area (Å²) in [4.78, 5) is 14.4. The van der Waals surface area contributed by atoms with E-state index in [0.29, 0.717) is 25.5 Å². The van der Waals surface area contributed by atoms with Crippen molar-refractivity contribution in [2.45, 2.75) is 27.2 Å². The number of carbonyl (C=O) groups excluding carboxylic acids is 1. The smallest absolute Gasteiger partial charge is 0.436 e. The van der Waals surface area contributed by atoms with E-state index in [1.165, 1.54) is 0 Å². The summed E-state index contributed by atoms with van der Waals surface area (Å²) >= 11 is 0. The first-order chi connectivity index (χ1) is 5.74. The number of ether oxygens (including phenoxy) is 2. The van der Waals surface area contributed by atoms with Gasteiger partial charge in [-0.1, -0.05) is 6.92 Å². The topological polar surface area (TPSA) is 47.9 Å². The molecule has 0 aliphatic heterocycles. The molecule has 0 aromatic carbocycles. The average Bonchev–Trinajstić information content (AvgIpc) is 2.04. The highest BCUT2D eigenvalue weighted by molar-refractivity contribution is 5.87. The fourth-order valence-electron chi connectivity index (χ4n) is 0.638. The molecular formula is C8H15NO3. The molecule has 0 rings (SSSR count). The van der Waals surface area contributed by atoms with Gasteiger partial charge in [0.15, 0.2) is 5.90 Å². The van der Waals surface area contributed by atoms with E-state index in [2.05, 4.69) is 9.73 Å². The molecule has 4 nitrogen and oxygen atoms in total. The Balaban J connectivity index is 3.98. The molecule has 1 amide bonds. The van der Waals surface area contributed by atoms with Crippen molar-refractivity contribution < 1.29 is 14.3 Å². The highest BCUT2D eigenvalue weighted by Gasteiger charge is 2.01. The van der Waals surface area contributed by atoms with Crippen molar-refractivity contribution in [3.8, 4) is 0 Å². The van der Waals surface area contributed by atoms with Crippen molar-refractivity contribution in [2.24, 2.45) is 4.99 Å². The van der Waals surface area contributed by atoms with Gasteiger partial charge >= 0.3 is 6.09 Å². The number of aliphatic imine (C=N–C) groups is 1. The van der Waals surface area contributed by atoms with Gasteiger partial charge in [-0.3, -0.25) is 0 Å². The maximum Gasteiger partial charge on any atom is 0.436 e. The van der Waals surface area contributed by atoms with Crippen LogP contribution in [-0.2, 0) is 9.47 Å². The zero-order valence-electron chi connectivity index (χ0n) is 7.79. The Bertz CT molecular complexity index is 166. The molecule has 0 fully saturated rings. The molecular weight excluding hydrogens is 158 g/mol. The van der Waals surface area contributed by atoms with Crippen LogP contribution >= 0.6 is 0 Å². The molecule has 0 aromatic heterocycles. The summed E-state index contributed by atoms with van der Waals surface area (Å²) in [7, 11) is 0. The SMILES string of the molecule is CCOC(=O)/N=C(\CC)OCC. The number of nitrogens with zero attached hydrogens (tertiary/aromatic N) is 1. The molecule has 70 valence electrons. The molecule has 0 bridgehead atoms. The summed E-state index contributed by atoms with van der Waals surface area (Å²) < 4.78 is 9.67. The van der Waals surface area contributed by atoms with Crippen molar-refractivity contribution in [1.82, 2.24) is 0 Å². The van der Waals surface area contributed by atoms with Gasteiger partial charge in [0, 0.05) is 6.42 Å². The predicted octanol–water partition coefficient (Wildman–Crippen LogP) is 1.99. The van der Waals surface area contributed by atoms with Crippen LogP contribution in [0.1, 0.15) is 27.2 Å². The van der Waals surface area contributed by atoms with Gasteiger partial charge in [0.1, 0.15) is 0 Å². The summed E-state index contributed by atoms with van der Waals surface area (Å²) in [5.41, 5.74) is 0. The Morgan fingerprint density at radius 3 is 2.17 bits per heavy atom. The lowest BCUT2D eigenvalue weighted by Gasteiger charge is -2.03. The largest absolute Gasteiger partial charge is 0.481 e. The monoisotopic (exact) mass is 173 g/mol. The molecule has 0 saturated carbocycles. The molecule has 0 aromatic rings. The lowest BCUT2D eigenvalue weighted by atomic mass is 10.5. The van der Waals surface area contributed by atoms with E-state index >= 15 is 0 Å². The van der Waals surface area contributed by atoms with Crippen LogP contribution in [0.5, 0.6) is 0 Å². The molecule has 0 radical (unpaired) electrons. The fraction of sp³-hybridized carbons (Fsp3) is 0.750. The zero-order chi connectivity index (χ0) is 9.40. The van der Waals surface area contributed by atoms with Crippen LogP contribution in [0.4, 0.5) is 4.79 Å². The summed E-state index contributed by atoms with van der Waals surface area (Å²) in [6.45, 7) is 6.31. The summed E-state index contributed by atoms with van der Waals surface area (Å²) in [6, 6.07) is 0. The van der Waals surface area contributed by atoms with E-state index in [9.17, 15) is 4.79 Å². The van der Waals surface area contributed by atoms with Crippen molar-refractivity contribution >= 4 is 12.0 Å². The number of carbonyl (C=O) groups is 1. The Kier molecular flexibility index (Phi) is 6.05. The Morgan fingerprint density at radius 1 is 1.17 bits per heavy atom. The highest BCUT2D eigenvalue weighted by Crippen LogP contribution is 1.92. The van der Waals surface area contributed by atoms with Gasteiger partial charge in [0.2, 0.25) is 0 Å². The van der Waals surface area contributed by atoms with Crippen molar-refractivity contribution in [2.75, 3.05) is 13.2 Å². The van der Waals surface area contributed by atoms with Crippen molar-refractivity contribution in [3.05, 3.63) is 0 Å². The first-order valence-electron chi connectivity index (χ1n) is 4.11. The number of hydrogen-bond donors (Lipinski definition) is 0. The Labute approximate surface area is 72.6 Å². The predicted molar refractivity (Wildman–Crippen MR) is 46.4 cm³/mol. The minimum atomic E-state index is -0.581. The van der Waals surface area contributed by atoms with Crippen LogP contribution in [-0.4, -0.2) is 25.2 Å². The standard InChI is InChI=1S/C8H15NO3/c1-4-7(11-5-2)9-8(10)12-6-3/h4-6H2,1-3H3/b9-7+. The van der Waals surface area contributed by atoms with Crippen LogP contribution in [0.3, 0.4) is 0 Å². The van der Waals surface area contributed by atoms with E-state index in [-0.39, 0.29) is 0 Å². The van der Waals surface area contributed by atoms with Crippen LogP contribution in [0.2, 0.25) is 0 Å². The van der Waals surface area contributed by atoms with Gasteiger partial charge in [0.25, 0.3) is 0 Å². The normalized spacial score (nSPS) is 11.1. The summed E-state index contributed by atoms with van der Waals surface area (Å²) in [6.07, 6.45) is 0.0231. The number of amides is 1. The Hall–Kier alpha value is -1.06. The quantitative estimate of drug-likeness (QED) is 0.484. The second-order valence-electron chi connectivity index (χ2n) is 1.99. The zero-order valence-corrected chi connectivity index (χ0v) is 7.79. The van der Waals surface area contributed by atoms with E-state index in [1.54, 1.807) is 6.92 Å². The van der Waals surface area contributed by atoms with Crippen LogP contribution in [0.15, 0.2) is 4.99 Å². The second kappa shape index (κ2) is 6.64. The molecule has 4 heteroatoms. The van der Waals surface area contributed by atoms with E-state index in [4.69, 9.17) is 4.74 Å². The lowest BCUT2D eigenvalue weighted by Crippen LogP contribution is -2.08. The van der Waals surface area contributed by atoms with Crippen LogP contribution in [0.25, 0.3) is 0 Å². The van der Waals surface area contributed by atoms with Crippen molar-refractivity contribution in [3.63, 3.8) is 0 Å². The van der Waals surface area contributed by atoms with Crippen LogP contribution < -0.4 is 0 Å². The van der Waals surface area contributed by atoms with Gasteiger partial charge in [-0.05, 0) is 13.8 Å². The number of hydrogen-bond acceptors (Lipinski definition) is 3. The molecule has 0 saturated heterocycles. The lowest BCUT2D eigenvalue weighted by molar-refractivity contribution is 0.162. The molecule has 0 aliphatic rings. The first-order valence-corrected chi connectivity index (χ1v) is 4.11. The van der Waals surface area contributed by atoms with Gasteiger partial charge in [-0.25, -0.2) is 4.79 Å². The van der Waals surface area contributed by atoms with Gasteiger partial charge in [-0.15, -0.1) is 4.99 Å². The van der Waals surface area contributed by atoms with Crippen LogP contribution in [0, 0.1) is 0 Å².